The summed E-state index contributed by atoms with van der Waals surface area (Å²) in [7, 11) is 0. The second-order valence-corrected chi connectivity index (χ2v) is 9.36. The molecule has 136 valence electrons. The fraction of sp³-hybridized carbons (Fsp3) is 0.556. The van der Waals surface area contributed by atoms with E-state index in [0.717, 1.165) is 60.3 Å². The van der Waals surface area contributed by atoms with E-state index in [4.69, 9.17) is 0 Å². The topological polar surface area (TPSA) is 63.4 Å². The number of carbonyl (C=O) groups is 1. The molecule has 0 aromatic carbocycles. The number of hydrogen-bond acceptors (Lipinski definition) is 6. The van der Waals surface area contributed by atoms with Crippen molar-refractivity contribution in [1.29, 1.82) is 0 Å². The van der Waals surface area contributed by atoms with Gasteiger partial charge in [0.05, 0.1) is 11.1 Å². The minimum atomic E-state index is 0.195. The number of rotatable bonds is 3. The standard InChI is InChI=1S/C18H21N5OS2/c1-11-4-5-12-13(8-11)26-17-15(12)16-20-21-18(23(16)10-19-17)25-9-14(24)22-6-2-3-7-22/h10-11H,2-9H2,1H3/t11-/m0/s1. The Labute approximate surface area is 160 Å². The minimum absolute atomic E-state index is 0.195. The zero-order valence-corrected chi connectivity index (χ0v) is 16.4. The average molecular weight is 388 g/mol. The van der Waals surface area contributed by atoms with Crippen LogP contribution in [0.1, 0.15) is 36.6 Å². The molecule has 2 aliphatic rings. The molecule has 1 amide bonds. The van der Waals surface area contributed by atoms with E-state index >= 15 is 0 Å². The van der Waals surface area contributed by atoms with E-state index < -0.39 is 0 Å². The van der Waals surface area contributed by atoms with Crippen LogP contribution in [0.4, 0.5) is 0 Å². The molecule has 1 aliphatic heterocycles. The largest absolute Gasteiger partial charge is 0.342 e. The van der Waals surface area contributed by atoms with E-state index in [0.29, 0.717) is 5.75 Å². The second kappa shape index (κ2) is 6.49. The van der Waals surface area contributed by atoms with Gasteiger partial charge in [-0.25, -0.2) is 4.98 Å². The van der Waals surface area contributed by atoms with Crippen LogP contribution in [-0.2, 0) is 17.6 Å². The molecule has 1 aliphatic carbocycles. The summed E-state index contributed by atoms with van der Waals surface area (Å²) < 4.78 is 1.95. The van der Waals surface area contributed by atoms with Gasteiger partial charge >= 0.3 is 0 Å². The third-order valence-corrected chi connectivity index (χ3v) is 7.55. The first-order chi connectivity index (χ1) is 12.7. The van der Waals surface area contributed by atoms with Crippen molar-refractivity contribution < 1.29 is 4.79 Å². The molecule has 0 radical (unpaired) electrons. The van der Waals surface area contributed by atoms with E-state index in [-0.39, 0.29) is 5.91 Å². The van der Waals surface area contributed by atoms with Crippen molar-refractivity contribution in [3.8, 4) is 0 Å². The monoisotopic (exact) mass is 387 g/mol. The van der Waals surface area contributed by atoms with Gasteiger partial charge in [-0.1, -0.05) is 18.7 Å². The van der Waals surface area contributed by atoms with Crippen molar-refractivity contribution in [2.45, 2.75) is 44.2 Å². The van der Waals surface area contributed by atoms with Crippen molar-refractivity contribution in [3.63, 3.8) is 0 Å². The number of nitrogens with zero attached hydrogens (tertiary/aromatic N) is 5. The van der Waals surface area contributed by atoms with Crippen LogP contribution in [0.3, 0.4) is 0 Å². The second-order valence-electron chi connectivity index (χ2n) is 7.33. The minimum Gasteiger partial charge on any atom is -0.342 e. The van der Waals surface area contributed by atoms with Crippen molar-refractivity contribution in [2.24, 2.45) is 5.92 Å². The lowest BCUT2D eigenvalue weighted by Crippen LogP contribution is -2.29. The van der Waals surface area contributed by atoms with Crippen LogP contribution in [0.2, 0.25) is 0 Å². The summed E-state index contributed by atoms with van der Waals surface area (Å²) in [6, 6.07) is 0. The van der Waals surface area contributed by atoms with Gasteiger partial charge in [-0.05, 0) is 43.6 Å². The SMILES string of the molecule is C[C@H]1CCc2c(sc3ncn4c(SCC(=O)N5CCCC5)nnc4c23)C1. The molecule has 1 fully saturated rings. The Morgan fingerprint density at radius 3 is 3.04 bits per heavy atom. The zero-order valence-electron chi connectivity index (χ0n) is 14.8. The molecule has 5 rings (SSSR count). The van der Waals surface area contributed by atoms with Gasteiger partial charge in [0.2, 0.25) is 5.91 Å². The molecular formula is C18H21N5OS2. The van der Waals surface area contributed by atoms with E-state index in [1.165, 1.54) is 34.0 Å². The molecule has 0 bridgehead atoms. The maximum absolute atomic E-state index is 12.3. The Bertz CT molecular complexity index is 988. The molecule has 1 saturated heterocycles. The Hall–Kier alpha value is -1.67. The molecule has 26 heavy (non-hydrogen) atoms. The lowest BCUT2D eigenvalue weighted by atomic mass is 9.89. The number of carbonyl (C=O) groups excluding carboxylic acids is 1. The smallest absolute Gasteiger partial charge is 0.233 e. The van der Waals surface area contributed by atoms with Crippen molar-refractivity contribution in [2.75, 3.05) is 18.8 Å². The number of amides is 1. The summed E-state index contributed by atoms with van der Waals surface area (Å²) in [4.78, 5) is 21.4. The molecule has 1 atom stereocenters. The third kappa shape index (κ3) is 2.70. The summed E-state index contributed by atoms with van der Waals surface area (Å²) in [5.74, 6) is 1.35. The highest BCUT2D eigenvalue weighted by Gasteiger charge is 2.24. The number of fused-ring (bicyclic) bond motifs is 5. The number of aromatic nitrogens is 4. The number of aryl methyl sites for hydroxylation is 1. The first-order valence-electron chi connectivity index (χ1n) is 9.25. The van der Waals surface area contributed by atoms with Gasteiger partial charge in [0.15, 0.2) is 10.8 Å². The Morgan fingerprint density at radius 2 is 2.19 bits per heavy atom. The summed E-state index contributed by atoms with van der Waals surface area (Å²) in [5.41, 5.74) is 2.30. The van der Waals surface area contributed by atoms with E-state index in [1.54, 1.807) is 11.3 Å². The fourth-order valence-corrected chi connectivity index (χ4v) is 6.15. The molecule has 0 saturated carbocycles. The van der Waals surface area contributed by atoms with Crippen molar-refractivity contribution in [1.82, 2.24) is 24.5 Å². The summed E-state index contributed by atoms with van der Waals surface area (Å²) in [6.45, 7) is 4.10. The highest BCUT2D eigenvalue weighted by atomic mass is 32.2. The molecule has 0 spiro atoms. The fourth-order valence-electron chi connectivity index (χ4n) is 4.00. The van der Waals surface area contributed by atoms with Gasteiger partial charge in [0, 0.05) is 18.0 Å². The Kier molecular flexibility index (Phi) is 4.12. The predicted octanol–water partition coefficient (Wildman–Crippen LogP) is 3.18. The number of likely N-dealkylation sites (tertiary alicyclic amines) is 1. The molecule has 6 nitrogen and oxygen atoms in total. The number of thioether (sulfide) groups is 1. The molecule has 0 unspecified atom stereocenters. The van der Waals surface area contributed by atoms with Gasteiger partial charge in [-0.3, -0.25) is 9.20 Å². The Balaban J connectivity index is 1.47. The van der Waals surface area contributed by atoms with Gasteiger partial charge in [-0.2, -0.15) is 0 Å². The lowest BCUT2D eigenvalue weighted by Gasteiger charge is -2.17. The zero-order chi connectivity index (χ0) is 17.7. The van der Waals surface area contributed by atoms with E-state index in [9.17, 15) is 4.79 Å². The van der Waals surface area contributed by atoms with Gasteiger partial charge in [0.25, 0.3) is 0 Å². The highest BCUT2D eigenvalue weighted by Crippen LogP contribution is 2.39. The maximum Gasteiger partial charge on any atom is 0.233 e. The normalized spacial score (nSPS) is 20.2. The molecule has 0 N–H and O–H groups in total. The summed E-state index contributed by atoms with van der Waals surface area (Å²) in [6.07, 6.45) is 7.51. The van der Waals surface area contributed by atoms with Crippen LogP contribution in [-0.4, -0.2) is 49.2 Å². The first kappa shape index (κ1) is 16.5. The maximum atomic E-state index is 12.3. The predicted molar refractivity (Wildman–Crippen MR) is 104 cm³/mol. The van der Waals surface area contributed by atoms with Crippen molar-refractivity contribution >= 4 is 44.9 Å². The summed E-state index contributed by atoms with van der Waals surface area (Å²) >= 11 is 3.26. The van der Waals surface area contributed by atoms with E-state index in [2.05, 4.69) is 22.1 Å². The molecule has 3 aromatic rings. The highest BCUT2D eigenvalue weighted by molar-refractivity contribution is 7.99. The van der Waals surface area contributed by atoms with E-state index in [1.807, 2.05) is 15.6 Å². The van der Waals surface area contributed by atoms with Crippen LogP contribution < -0.4 is 0 Å². The van der Waals surface area contributed by atoms with Crippen LogP contribution in [0.25, 0.3) is 15.9 Å². The molecule has 8 heteroatoms. The van der Waals surface area contributed by atoms with Crippen LogP contribution in [0, 0.1) is 5.92 Å². The quantitative estimate of drug-likeness (QED) is 0.646. The van der Waals surface area contributed by atoms with Crippen LogP contribution >= 0.6 is 23.1 Å². The van der Waals surface area contributed by atoms with Gasteiger partial charge < -0.3 is 4.90 Å². The van der Waals surface area contributed by atoms with Gasteiger partial charge in [-0.15, -0.1) is 21.5 Å². The lowest BCUT2D eigenvalue weighted by molar-refractivity contribution is -0.127. The molecule has 3 aromatic heterocycles. The first-order valence-corrected chi connectivity index (χ1v) is 11.1. The Morgan fingerprint density at radius 1 is 1.35 bits per heavy atom. The molecule has 4 heterocycles. The van der Waals surface area contributed by atoms with Crippen molar-refractivity contribution in [3.05, 3.63) is 16.8 Å². The average Bonchev–Trinajstić information content (AvgIpc) is 3.36. The third-order valence-electron chi connectivity index (χ3n) is 5.46. The van der Waals surface area contributed by atoms with Gasteiger partial charge in [0.1, 0.15) is 11.2 Å². The van der Waals surface area contributed by atoms with Crippen LogP contribution in [0.15, 0.2) is 11.5 Å². The number of hydrogen-bond donors (Lipinski definition) is 0. The molecular weight excluding hydrogens is 366 g/mol. The van der Waals surface area contributed by atoms with Crippen LogP contribution in [0.5, 0.6) is 0 Å². The number of thiophene rings is 1. The summed E-state index contributed by atoms with van der Waals surface area (Å²) in [5, 5.41) is 10.7.